The molecule has 0 N–H and O–H groups in total. The Labute approximate surface area is 120 Å². The molecular weight excluding hydrogens is 254 g/mol. The fourth-order valence-electron chi connectivity index (χ4n) is 2.29. The van der Waals surface area contributed by atoms with Gasteiger partial charge in [-0.3, -0.25) is 0 Å². The van der Waals surface area contributed by atoms with Crippen LogP contribution in [0.25, 0.3) is 10.1 Å². The van der Waals surface area contributed by atoms with Gasteiger partial charge < -0.3 is 9.64 Å². The van der Waals surface area contributed by atoms with Crippen LogP contribution in [0.2, 0.25) is 0 Å². The molecule has 0 aliphatic carbocycles. The van der Waals surface area contributed by atoms with Crippen LogP contribution in [0.5, 0.6) is 0 Å². The first-order valence-corrected chi connectivity index (χ1v) is 7.98. The van der Waals surface area contributed by atoms with Gasteiger partial charge in [-0.15, -0.1) is 11.3 Å². The molecule has 2 nitrogen and oxygen atoms in total. The number of benzene rings is 1. The number of hydrogen-bond donors (Lipinski definition) is 0. The van der Waals surface area contributed by atoms with Crippen molar-refractivity contribution in [3.8, 4) is 0 Å². The zero-order chi connectivity index (χ0) is 13.5. The van der Waals surface area contributed by atoms with E-state index in [1.165, 1.54) is 15.6 Å². The van der Waals surface area contributed by atoms with Crippen molar-refractivity contribution in [3.63, 3.8) is 0 Å². The van der Waals surface area contributed by atoms with Crippen LogP contribution in [0.4, 0.5) is 0 Å². The van der Waals surface area contributed by atoms with Crippen LogP contribution in [-0.4, -0.2) is 37.7 Å². The van der Waals surface area contributed by atoms with E-state index in [0.717, 1.165) is 39.3 Å². The molecule has 1 aromatic carbocycles. The normalized spacial score (nSPS) is 11.5. The van der Waals surface area contributed by atoms with Crippen LogP contribution in [0, 0.1) is 0 Å². The summed E-state index contributed by atoms with van der Waals surface area (Å²) in [7, 11) is 0. The van der Waals surface area contributed by atoms with Crippen molar-refractivity contribution in [2.24, 2.45) is 0 Å². The van der Waals surface area contributed by atoms with Crippen LogP contribution in [-0.2, 0) is 11.2 Å². The smallest absolute Gasteiger partial charge is 0.0593 e. The Morgan fingerprint density at radius 1 is 1.11 bits per heavy atom. The first-order chi connectivity index (χ1) is 9.35. The average molecular weight is 277 g/mol. The number of likely N-dealkylation sites (N-methyl/N-ethyl adjacent to an activating group) is 1. The fraction of sp³-hybridized carbons (Fsp3) is 0.500. The fourth-order valence-corrected chi connectivity index (χ4v) is 3.13. The van der Waals surface area contributed by atoms with Crippen molar-refractivity contribution in [2.45, 2.75) is 20.3 Å². The molecule has 2 aromatic rings. The molecule has 0 aliphatic rings. The Morgan fingerprint density at radius 3 is 2.74 bits per heavy atom. The quantitative estimate of drug-likeness (QED) is 0.680. The Kier molecular flexibility index (Phi) is 5.83. The molecule has 0 bridgehead atoms. The van der Waals surface area contributed by atoms with E-state index in [1.807, 2.05) is 11.3 Å². The standard InChI is InChI=1S/C16H23NOS/c1-3-17(4-2)10-12-18-11-8-14-6-5-7-16-15(14)9-13-19-16/h5-7,9,13H,3-4,8,10-12H2,1-2H3. The van der Waals surface area contributed by atoms with Gasteiger partial charge in [0, 0.05) is 11.2 Å². The van der Waals surface area contributed by atoms with Crippen LogP contribution < -0.4 is 0 Å². The maximum atomic E-state index is 5.76. The molecule has 1 aromatic heterocycles. The van der Waals surface area contributed by atoms with E-state index in [1.54, 1.807) is 0 Å². The first-order valence-electron chi connectivity index (χ1n) is 7.10. The van der Waals surface area contributed by atoms with Gasteiger partial charge in [-0.05, 0) is 48.0 Å². The minimum atomic E-state index is 0.816. The highest BCUT2D eigenvalue weighted by atomic mass is 32.1. The van der Waals surface area contributed by atoms with Gasteiger partial charge >= 0.3 is 0 Å². The van der Waals surface area contributed by atoms with Crippen LogP contribution in [0.15, 0.2) is 29.6 Å². The molecule has 2 rings (SSSR count). The Bertz CT molecular complexity index is 490. The molecule has 0 spiro atoms. The second kappa shape index (κ2) is 7.63. The summed E-state index contributed by atoms with van der Waals surface area (Å²) in [4.78, 5) is 2.39. The third-order valence-corrected chi connectivity index (χ3v) is 4.43. The predicted molar refractivity (Wildman–Crippen MR) is 84.1 cm³/mol. The molecule has 0 fully saturated rings. The molecule has 104 valence electrons. The monoisotopic (exact) mass is 277 g/mol. The second-order valence-electron chi connectivity index (χ2n) is 4.64. The minimum Gasteiger partial charge on any atom is -0.380 e. The average Bonchev–Trinajstić information content (AvgIpc) is 2.92. The first kappa shape index (κ1) is 14.5. The number of hydrogen-bond acceptors (Lipinski definition) is 3. The van der Waals surface area contributed by atoms with E-state index in [0.29, 0.717) is 0 Å². The lowest BCUT2D eigenvalue weighted by Crippen LogP contribution is -2.27. The molecule has 0 saturated carbocycles. The number of fused-ring (bicyclic) bond motifs is 1. The second-order valence-corrected chi connectivity index (χ2v) is 5.59. The lowest BCUT2D eigenvalue weighted by molar-refractivity contribution is 0.109. The molecule has 0 amide bonds. The highest BCUT2D eigenvalue weighted by molar-refractivity contribution is 7.17. The Hall–Kier alpha value is -0.900. The van der Waals surface area contributed by atoms with Crippen molar-refractivity contribution in [3.05, 3.63) is 35.2 Å². The van der Waals surface area contributed by atoms with Crippen molar-refractivity contribution in [1.29, 1.82) is 0 Å². The molecule has 1 heterocycles. The van der Waals surface area contributed by atoms with Gasteiger partial charge in [-0.1, -0.05) is 26.0 Å². The van der Waals surface area contributed by atoms with E-state index in [-0.39, 0.29) is 0 Å². The van der Waals surface area contributed by atoms with E-state index in [2.05, 4.69) is 48.4 Å². The lowest BCUT2D eigenvalue weighted by Gasteiger charge is -2.17. The van der Waals surface area contributed by atoms with Crippen LogP contribution in [0.3, 0.4) is 0 Å². The predicted octanol–water partition coefficient (Wildman–Crippen LogP) is 3.80. The minimum absolute atomic E-state index is 0.816. The molecule has 0 aliphatic heterocycles. The number of thiophene rings is 1. The Morgan fingerprint density at radius 2 is 1.95 bits per heavy atom. The summed E-state index contributed by atoms with van der Waals surface area (Å²) in [6.45, 7) is 9.29. The summed E-state index contributed by atoms with van der Waals surface area (Å²) in [5, 5.41) is 3.55. The maximum absolute atomic E-state index is 5.76. The van der Waals surface area contributed by atoms with Gasteiger partial charge in [0.15, 0.2) is 0 Å². The summed E-state index contributed by atoms with van der Waals surface area (Å²) in [5.74, 6) is 0. The number of ether oxygens (including phenoxy) is 1. The molecule has 3 heteroatoms. The van der Waals surface area contributed by atoms with Crippen LogP contribution >= 0.6 is 11.3 Å². The van der Waals surface area contributed by atoms with Crippen molar-refractivity contribution < 1.29 is 4.74 Å². The topological polar surface area (TPSA) is 12.5 Å². The third-order valence-electron chi connectivity index (χ3n) is 3.55. The molecule has 0 unspecified atom stereocenters. The molecule has 19 heavy (non-hydrogen) atoms. The summed E-state index contributed by atoms with van der Waals surface area (Å²) in [6.07, 6.45) is 1.01. The lowest BCUT2D eigenvalue weighted by atomic mass is 10.1. The van der Waals surface area contributed by atoms with Gasteiger partial charge in [-0.2, -0.15) is 0 Å². The maximum Gasteiger partial charge on any atom is 0.0593 e. The SMILES string of the molecule is CCN(CC)CCOCCc1cccc2sccc12. The van der Waals surface area contributed by atoms with Gasteiger partial charge in [0.05, 0.1) is 13.2 Å². The van der Waals surface area contributed by atoms with Crippen molar-refractivity contribution in [2.75, 3.05) is 32.8 Å². The van der Waals surface area contributed by atoms with Crippen LogP contribution in [0.1, 0.15) is 19.4 Å². The zero-order valence-electron chi connectivity index (χ0n) is 11.9. The molecule has 0 saturated heterocycles. The number of nitrogens with zero attached hydrogens (tertiary/aromatic N) is 1. The van der Waals surface area contributed by atoms with E-state index < -0.39 is 0 Å². The van der Waals surface area contributed by atoms with E-state index in [9.17, 15) is 0 Å². The van der Waals surface area contributed by atoms with Gasteiger partial charge in [-0.25, -0.2) is 0 Å². The Balaban J connectivity index is 1.75. The molecular formula is C16H23NOS. The van der Waals surface area contributed by atoms with Crippen molar-refractivity contribution in [1.82, 2.24) is 4.90 Å². The summed E-state index contributed by atoms with van der Waals surface area (Å²) >= 11 is 1.81. The van der Waals surface area contributed by atoms with Crippen molar-refractivity contribution >= 4 is 21.4 Å². The molecule has 0 atom stereocenters. The molecule has 0 radical (unpaired) electrons. The van der Waals surface area contributed by atoms with E-state index >= 15 is 0 Å². The van der Waals surface area contributed by atoms with Gasteiger partial charge in [0.2, 0.25) is 0 Å². The highest BCUT2D eigenvalue weighted by Crippen LogP contribution is 2.24. The third kappa shape index (κ3) is 4.03. The summed E-state index contributed by atoms with van der Waals surface area (Å²) < 4.78 is 7.13. The largest absolute Gasteiger partial charge is 0.380 e. The highest BCUT2D eigenvalue weighted by Gasteiger charge is 2.02. The summed E-state index contributed by atoms with van der Waals surface area (Å²) in [6, 6.07) is 8.75. The summed E-state index contributed by atoms with van der Waals surface area (Å²) in [5.41, 5.74) is 1.40. The van der Waals surface area contributed by atoms with Gasteiger partial charge in [0.1, 0.15) is 0 Å². The number of rotatable bonds is 8. The zero-order valence-corrected chi connectivity index (χ0v) is 12.7. The van der Waals surface area contributed by atoms with E-state index in [4.69, 9.17) is 4.74 Å². The van der Waals surface area contributed by atoms with Gasteiger partial charge in [0.25, 0.3) is 0 Å².